The van der Waals surface area contributed by atoms with Gasteiger partial charge in [-0.3, -0.25) is 9.59 Å². The van der Waals surface area contributed by atoms with Crippen molar-refractivity contribution in [2.75, 3.05) is 18.4 Å². The zero-order valence-electron chi connectivity index (χ0n) is 18.3. The van der Waals surface area contributed by atoms with Crippen LogP contribution in [0.1, 0.15) is 60.5 Å². The average molecular weight is 435 g/mol. The molecule has 32 heavy (non-hydrogen) atoms. The summed E-state index contributed by atoms with van der Waals surface area (Å²) in [5.41, 5.74) is 2.03. The number of amides is 3. The Labute approximate surface area is 187 Å². The van der Waals surface area contributed by atoms with E-state index in [2.05, 4.69) is 10.6 Å². The van der Waals surface area contributed by atoms with E-state index in [0.29, 0.717) is 30.9 Å². The second-order valence-electron chi connectivity index (χ2n) is 9.39. The van der Waals surface area contributed by atoms with Gasteiger partial charge in [0.2, 0.25) is 0 Å². The molecule has 1 aliphatic carbocycles. The smallest absolute Gasteiger partial charge is 0.317 e. The highest BCUT2D eigenvalue weighted by molar-refractivity contribution is 6.04. The zero-order valence-corrected chi connectivity index (χ0v) is 18.3. The quantitative estimate of drug-likeness (QED) is 0.775. The summed E-state index contributed by atoms with van der Waals surface area (Å²) in [5.74, 6) is 0.0765. The molecule has 2 aliphatic heterocycles. The van der Waals surface area contributed by atoms with Gasteiger partial charge in [0.25, 0.3) is 11.5 Å². The molecule has 2 atom stereocenters. The minimum atomic E-state index is -0.197. The molecule has 5 rings (SSSR count). The summed E-state index contributed by atoms with van der Waals surface area (Å²) in [5, 5.41) is 6.24. The third-order valence-corrected chi connectivity index (χ3v) is 7.09. The van der Waals surface area contributed by atoms with E-state index in [9.17, 15) is 14.4 Å². The van der Waals surface area contributed by atoms with Gasteiger partial charge in [-0.25, -0.2) is 4.79 Å². The molecule has 3 aliphatic rings. The van der Waals surface area contributed by atoms with E-state index in [0.717, 1.165) is 25.0 Å². The number of carbonyl (C=O) groups is 2. The molecular formula is C25H30N4O3. The van der Waals surface area contributed by atoms with Crippen molar-refractivity contribution in [1.82, 2.24) is 14.8 Å². The number of nitrogens with one attached hydrogen (secondary N) is 2. The van der Waals surface area contributed by atoms with E-state index in [4.69, 9.17) is 0 Å². The number of fused-ring (bicyclic) bond motifs is 4. The Hall–Kier alpha value is -3.09. The normalized spacial score (nSPS) is 22.7. The number of piperidine rings is 1. The Bertz CT molecular complexity index is 1060. The van der Waals surface area contributed by atoms with Crippen LogP contribution >= 0.6 is 0 Å². The minimum absolute atomic E-state index is 0.00759. The number of pyridine rings is 1. The highest BCUT2D eigenvalue weighted by Crippen LogP contribution is 2.38. The lowest BCUT2D eigenvalue weighted by molar-refractivity contribution is 0.102. The number of hydrogen-bond acceptors (Lipinski definition) is 3. The highest BCUT2D eigenvalue weighted by Gasteiger charge is 2.38. The number of aromatic nitrogens is 1. The second-order valence-corrected chi connectivity index (χ2v) is 9.39. The Morgan fingerprint density at radius 2 is 1.69 bits per heavy atom. The van der Waals surface area contributed by atoms with E-state index in [1.165, 1.54) is 25.3 Å². The third kappa shape index (κ3) is 4.16. The standard InChI is InChI=1S/C25H30N4O3/c30-22-12-11-21(27-24(31)18-7-3-1-4-8-18)23-19-13-17(15-29(22)23)14-28(16-19)25(32)26-20-9-5-2-6-10-20/h1,3-4,7-8,11-12,17,19-20H,2,5-6,9-10,13-16H2,(H,26,32)(H,27,31)/t17-,19+/m0/s1. The molecule has 2 bridgehead atoms. The Balaban J connectivity index is 1.37. The fraction of sp³-hybridized carbons (Fsp3) is 0.480. The summed E-state index contributed by atoms with van der Waals surface area (Å²) in [6.07, 6.45) is 6.64. The molecule has 1 saturated heterocycles. The lowest BCUT2D eigenvalue weighted by atomic mass is 9.82. The average Bonchev–Trinajstić information content (AvgIpc) is 2.82. The van der Waals surface area contributed by atoms with E-state index in [-0.39, 0.29) is 35.4 Å². The highest BCUT2D eigenvalue weighted by atomic mass is 16.2. The van der Waals surface area contributed by atoms with E-state index < -0.39 is 0 Å². The van der Waals surface area contributed by atoms with Crippen molar-refractivity contribution < 1.29 is 9.59 Å². The Kier molecular flexibility index (Phi) is 5.72. The maximum Gasteiger partial charge on any atom is 0.317 e. The molecule has 1 aromatic heterocycles. The largest absolute Gasteiger partial charge is 0.335 e. The van der Waals surface area contributed by atoms with Gasteiger partial charge in [0.15, 0.2) is 0 Å². The predicted octanol–water partition coefficient (Wildman–Crippen LogP) is 3.56. The van der Waals surface area contributed by atoms with Crippen molar-refractivity contribution in [3.63, 3.8) is 0 Å². The first-order chi connectivity index (χ1) is 15.6. The summed E-state index contributed by atoms with van der Waals surface area (Å²) < 4.78 is 1.80. The summed E-state index contributed by atoms with van der Waals surface area (Å²) in [4.78, 5) is 40.3. The molecule has 7 nitrogen and oxygen atoms in total. The molecule has 0 radical (unpaired) electrons. The van der Waals surface area contributed by atoms with Gasteiger partial charge in [0.05, 0.1) is 5.69 Å². The lowest BCUT2D eigenvalue weighted by Crippen LogP contribution is -2.53. The topological polar surface area (TPSA) is 83.4 Å². The lowest BCUT2D eigenvalue weighted by Gasteiger charge is -2.43. The minimum Gasteiger partial charge on any atom is -0.335 e. The number of benzene rings is 1. The van der Waals surface area contributed by atoms with Crippen LogP contribution < -0.4 is 16.2 Å². The number of urea groups is 1. The fourth-order valence-corrected chi connectivity index (χ4v) is 5.58. The van der Waals surface area contributed by atoms with Crippen molar-refractivity contribution in [2.45, 2.75) is 57.0 Å². The van der Waals surface area contributed by atoms with Gasteiger partial charge in [-0.2, -0.15) is 0 Å². The van der Waals surface area contributed by atoms with Crippen LogP contribution in [0.25, 0.3) is 0 Å². The van der Waals surface area contributed by atoms with Gasteiger partial charge in [0, 0.05) is 48.9 Å². The van der Waals surface area contributed by atoms with Crippen LogP contribution in [-0.4, -0.2) is 40.5 Å². The summed E-state index contributed by atoms with van der Waals surface area (Å²) in [6, 6.07) is 12.6. The van der Waals surface area contributed by atoms with Gasteiger partial charge in [-0.15, -0.1) is 0 Å². The van der Waals surface area contributed by atoms with Crippen molar-refractivity contribution in [3.05, 3.63) is 64.1 Å². The first-order valence-corrected chi connectivity index (χ1v) is 11.7. The van der Waals surface area contributed by atoms with Crippen LogP contribution in [0, 0.1) is 5.92 Å². The first-order valence-electron chi connectivity index (χ1n) is 11.7. The van der Waals surface area contributed by atoms with Crippen LogP contribution in [0.3, 0.4) is 0 Å². The maximum absolute atomic E-state index is 13.0. The van der Waals surface area contributed by atoms with Gasteiger partial charge in [-0.05, 0) is 43.4 Å². The SMILES string of the molecule is O=C(Nc1ccc(=O)n2c1[C@@H]1C[C@@H](CN(C(=O)NC3CCCCC3)C1)C2)c1ccccc1. The van der Waals surface area contributed by atoms with Crippen molar-refractivity contribution >= 4 is 17.6 Å². The van der Waals surface area contributed by atoms with Crippen molar-refractivity contribution in [1.29, 1.82) is 0 Å². The number of anilines is 1. The third-order valence-electron chi connectivity index (χ3n) is 7.09. The maximum atomic E-state index is 13.0. The number of carbonyl (C=O) groups excluding carboxylic acids is 2. The van der Waals surface area contributed by atoms with E-state index in [1.54, 1.807) is 22.8 Å². The van der Waals surface area contributed by atoms with E-state index >= 15 is 0 Å². The van der Waals surface area contributed by atoms with Crippen LogP contribution in [0.2, 0.25) is 0 Å². The molecule has 0 unspecified atom stereocenters. The summed E-state index contributed by atoms with van der Waals surface area (Å²) in [6.45, 7) is 1.81. The zero-order chi connectivity index (χ0) is 22.1. The summed E-state index contributed by atoms with van der Waals surface area (Å²) in [7, 11) is 0. The van der Waals surface area contributed by atoms with E-state index in [1.807, 2.05) is 23.1 Å². The van der Waals surface area contributed by atoms with Gasteiger partial charge >= 0.3 is 6.03 Å². The molecule has 7 heteroatoms. The number of hydrogen-bond donors (Lipinski definition) is 2. The predicted molar refractivity (Wildman–Crippen MR) is 123 cm³/mol. The molecular weight excluding hydrogens is 404 g/mol. The van der Waals surface area contributed by atoms with Crippen molar-refractivity contribution in [3.8, 4) is 0 Å². The fourth-order valence-electron chi connectivity index (χ4n) is 5.58. The van der Waals surface area contributed by atoms with Crippen LogP contribution in [0.4, 0.5) is 10.5 Å². The van der Waals surface area contributed by atoms with Gasteiger partial charge in [0.1, 0.15) is 0 Å². The molecule has 3 amide bonds. The molecule has 1 saturated carbocycles. The monoisotopic (exact) mass is 434 g/mol. The van der Waals surface area contributed by atoms with Crippen LogP contribution in [0.5, 0.6) is 0 Å². The number of likely N-dealkylation sites (tertiary alicyclic amines) is 1. The number of rotatable bonds is 3. The molecule has 1 aromatic carbocycles. The van der Waals surface area contributed by atoms with Crippen LogP contribution in [0.15, 0.2) is 47.3 Å². The molecule has 168 valence electrons. The van der Waals surface area contributed by atoms with Gasteiger partial charge < -0.3 is 20.1 Å². The van der Waals surface area contributed by atoms with Crippen molar-refractivity contribution in [2.24, 2.45) is 5.92 Å². The second kappa shape index (κ2) is 8.81. The Morgan fingerprint density at radius 1 is 0.906 bits per heavy atom. The molecule has 2 aromatic rings. The Morgan fingerprint density at radius 3 is 2.47 bits per heavy atom. The van der Waals surface area contributed by atoms with Crippen LogP contribution in [-0.2, 0) is 6.54 Å². The molecule has 2 N–H and O–H groups in total. The summed E-state index contributed by atoms with van der Waals surface area (Å²) >= 11 is 0. The van der Waals surface area contributed by atoms with Gasteiger partial charge in [-0.1, -0.05) is 37.5 Å². The number of nitrogens with zero attached hydrogens (tertiary/aromatic N) is 2. The molecule has 2 fully saturated rings. The molecule has 3 heterocycles. The first kappa shape index (κ1) is 20.8. The molecule has 0 spiro atoms.